The molecule has 29 heavy (non-hydrogen) atoms. The molecule has 4 rings (SSSR count). The maximum Gasteiger partial charge on any atom is 0.263 e. The number of carbonyl (C=O) groups excluding carboxylic acids is 2. The molecule has 1 aliphatic rings. The number of carbonyl (C=O) groups is 2. The first-order valence-corrected chi connectivity index (χ1v) is 11.3. The van der Waals surface area contributed by atoms with E-state index in [2.05, 4.69) is 0 Å². The molecule has 150 valence electrons. The fourth-order valence-corrected chi connectivity index (χ4v) is 5.39. The maximum absolute atomic E-state index is 13.3. The van der Waals surface area contributed by atoms with E-state index < -0.39 is 0 Å². The molecule has 0 atom stereocenters. The lowest BCUT2D eigenvalue weighted by Gasteiger charge is -2.15. The zero-order valence-corrected chi connectivity index (χ0v) is 17.9. The normalized spacial score (nSPS) is 14.1. The molecule has 0 aliphatic carbocycles. The molecule has 0 bridgehead atoms. The van der Waals surface area contributed by atoms with Gasteiger partial charge in [0.15, 0.2) is 5.16 Å². The summed E-state index contributed by atoms with van der Waals surface area (Å²) in [5, 5.41) is 1.15. The van der Waals surface area contributed by atoms with Gasteiger partial charge in [-0.1, -0.05) is 42.1 Å². The van der Waals surface area contributed by atoms with Crippen LogP contribution in [0.3, 0.4) is 0 Å². The van der Waals surface area contributed by atoms with Gasteiger partial charge >= 0.3 is 0 Å². The van der Waals surface area contributed by atoms with Crippen molar-refractivity contribution >= 4 is 45.1 Å². The predicted molar refractivity (Wildman–Crippen MR) is 116 cm³/mol. The third kappa shape index (κ3) is 3.86. The molecule has 0 radical (unpaired) electrons. The van der Waals surface area contributed by atoms with Gasteiger partial charge in [-0.05, 0) is 31.4 Å². The number of rotatable bonds is 5. The van der Waals surface area contributed by atoms with Crippen LogP contribution in [-0.4, -0.2) is 38.6 Å². The number of imide groups is 1. The van der Waals surface area contributed by atoms with Crippen LogP contribution in [0, 0.1) is 13.8 Å². The van der Waals surface area contributed by atoms with E-state index in [4.69, 9.17) is 4.98 Å². The zero-order chi connectivity index (χ0) is 20.5. The highest BCUT2D eigenvalue weighted by Gasteiger charge is 2.27. The highest BCUT2D eigenvalue weighted by Crippen LogP contribution is 2.29. The number of likely N-dealkylation sites (tertiary alicyclic amines) is 1. The van der Waals surface area contributed by atoms with Gasteiger partial charge in [-0.15, -0.1) is 11.3 Å². The van der Waals surface area contributed by atoms with E-state index in [1.165, 1.54) is 28.0 Å². The van der Waals surface area contributed by atoms with Crippen molar-refractivity contribution in [3.63, 3.8) is 0 Å². The molecule has 3 heterocycles. The molecule has 0 N–H and O–H groups in total. The summed E-state index contributed by atoms with van der Waals surface area (Å²) in [5.74, 6) is -0.260. The van der Waals surface area contributed by atoms with Gasteiger partial charge in [-0.2, -0.15) is 0 Å². The fraction of sp³-hybridized carbons (Fsp3) is 0.333. The Balaban J connectivity index is 1.71. The fourth-order valence-electron chi connectivity index (χ4n) is 3.44. The smallest absolute Gasteiger partial charge is 0.263 e. The van der Waals surface area contributed by atoms with E-state index >= 15 is 0 Å². The molecule has 1 fully saturated rings. The Kier molecular flexibility index (Phi) is 5.56. The molecule has 1 saturated heterocycles. The Hall–Kier alpha value is -2.45. The third-order valence-corrected chi connectivity index (χ3v) is 7.20. The highest BCUT2D eigenvalue weighted by atomic mass is 32.2. The number of thiophene rings is 1. The van der Waals surface area contributed by atoms with Crippen LogP contribution in [0.25, 0.3) is 10.2 Å². The predicted octanol–water partition coefficient (Wildman–Crippen LogP) is 3.36. The van der Waals surface area contributed by atoms with E-state index in [1.54, 1.807) is 4.57 Å². The number of amides is 2. The molecule has 3 aromatic rings. The minimum absolute atomic E-state index is 0.0851. The van der Waals surface area contributed by atoms with Crippen LogP contribution < -0.4 is 5.56 Å². The zero-order valence-electron chi connectivity index (χ0n) is 16.3. The number of aromatic nitrogens is 2. The molecule has 0 unspecified atom stereocenters. The Bertz CT molecular complexity index is 1150. The summed E-state index contributed by atoms with van der Waals surface area (Å²) in [6.07, 6.45) is 1.14. The lowest BCUT2D eigenvalue weighted by molar-refractivity contribution is -0.140. The van der Waals surface area contributed by atoms with Crippen molar-refractivity contribution in [1.82, 2.24) is 14.5 Å². The summed E-state index contributed by atoms with van der Waals surface area (Å²) < 4.78 is 1.64. The van der Waals surface area contributed by atoms with Crippen molar-refractivity contribution < 1.29 is 9.59 Å². The van der Waals surface area contributed by atoms with Gasteiger partial charge in [0.2, 0.25) is 11.8 Å². The molecule has 0 spiro atoms. The second-order valence-corrected chi connectivity index (χ2v) is 9.21. The van der Waals surface area contributed by atoms with Crippen LogP contribution in [0.4, 0.5) is 0 Å². The molecule has 2 amide bonds. The van der Waals surface area contributed by atoms with E-state index in [0.29, 0.717) is 41.3 Å². The second kappa shape index (κ2) is 8.12. The first kappa shape index (κ1) is 19.8. The van der Waals surface area contributed by atoms with Gasteiger partial charge in [0.25, 0.3) is 5.56 Å². The summed E-state index contributed by atoms with van der Waals surface area (Å²) >= 11 is 2.72. The van der Waals surface area contributed by atoms with Crippen molar-refractivity contribution in [2.75, 3.05) is 12.3 Å². The number of aryl methyl sites for hydroxylation is 2. The number of fused-ring (bicyclic) bond motifs is 1. The van der Waals surface area contributed by atoms with Gasteiger partial charge in [0, 0.05) is 17.8 Å². The van der Waals surface area contributed by atoms with Gasteiger partial charge in [0.05, 0.1) is 17.7 Å². The maximum atomic E-state index is 13.3. The van der Waals surface area contributed by atoms with Crippen LogP contribution in [0.2, 0.25) is 0 Å². The first-order chi connectivity index (χ1) is 14.0. The number of hydrogen-bond acceptors (Lipinski definition) is 6. The van der Waals surface area contributed by atoms with Gasteiger partial charge in [-0.25, -0.2) is 4.98 Å². The standard InChI is InChI=1S/C21H21N3O3S2/c1-13-14(2)29-19-18(13)20(27)24(11-15-7-4-3-5-8-15)21(22-19)28-12-17(26)23-10-6-9-16(23)25/h3-5,7-8H,6,9-12H2,1-2H3. The van der Waals surface area contributed by atoms with Crippen LogP contribution in [0.5, 0.6) is 0 Å². The summed E-state index contributed by atoms with van der Waals surface area (Å²) in [5.41, 5.74) is 1.86. The molecule has 0 saturated carbocycles. The number of benzene rings is 1. The van der Waals surface area contributed by atoms with Crippen molar-refractivity contribution in [3.8, 4) is 0 Å². The summed E-state index contributed by atoms with van der Waals surface area (Å²) in [4.78, 5) is 45.4. The Morgan fingerprint density at radius 2 is 1.97 bits per heavy atom. The molecule has 6 nitrogen and oxygen atoms in total. The third-order valence-electron chi connectivity index (χ3n) is 5.14. The van der Waals surface area contributed by atoms with Crippen LogP contribution in [-0.2, 0) is 16.1 Å². The number of hydrogen-bond donors (Lipinski definition) is 0. The van der Waals surface area contributed by atoms with E-state index in [0.717, 1.165) is 16.0 Å². The van der Waals surface area contributed by atoms with E-state index in [-0.39, 0.29) is 23.1 Å². The molecule has 1 aromatic carbocycles. The van der Waals surface area contributed by atoms with Gasteiger partial charge in [-0.3, -0.25) is 23.9 Å². The minimum atomic E-state index is -0.225. The van der Waals surface area contributed by atoms with Crippen molar-refractivity contribution in [2.24, 2.45) is 0 Å². The quantitative estimate of drug-likeness (QED) is 0.461. The second-order valence-electron chi connectivity index (χ2n) is 7.07. The van der Waals surface area contributed by atoms with E-state index in [1.807, 2.05) is 44.2 Å². The summed E-state index contributed by atoms with van der Waals surface area (Å²) in [6, 6.07) is 9.72. The summed E-state index contributed by atoms with van der Waals surface area (Å²) in [7, 11) is 0. The van der Waals surface area contributed by atoms with Crippen LogP contribution in [0.1, 0.15) is 28.8 Å². The lowest BCUT2D eigenvalue weighted by atomic mass is 10.2. The van der Waals surface area contributed by atoms with Crippen LogP contribution >= 0.6 is 23.1 Å². The van der Waals surface area contributed by atoms with Crippen molar-refractivity contribution in [3.05, 3.63) is 56.7 Å². The SMILES string of the molecule is Cc1sc2nc(SCC(=O)N3CCCC3=O)n(Cc3ccccc3)c(=O)c2c1C. The highest BCUT2D eigenvalue weighted by molar-refractivity contribution is 7.99. The summed E-state index contributed by atoms with van der Waals surface area (Å²) in [6.45, 7) is 4.79. The lowest BCUT2D eigenvalue weighted by Crippen LogP contribution is -2.33. The first-order valence-electron chi connectivity index (χ1n) is 9.46. The van der Waals surface area contributed by atoms with Crippen molar-refractivity contribution in [1.29, 1.82) is 0 Å². The topological polar surface area (TPSA) is 72.3 Å². The Morgan fingerprint density at radius 1 is 1.21 bits per heavy atom. The number of nitrogens with zero attached hydrogens (tertiary/aromatic N) is 3. The minimum Gasteiger partial charge on any atom is -0.283 e. The van der Waals surface area contributed by atoms with Gasteiger partial charge in [0.1, 0.15) is 4.83 Å². The largest absolute Gasteiger partial charge is 0.283 e. The molecular formula is C21H21N3O3S2. The van der Waals surface area contributed by atoms with Gasteiger partial charge < -0.3 is 0 Å². The average molecular weight is 428 g/mol. The average Bonchev–Trinajstić information content (AvgIpc) is 3.26. The Labute approximate surface area is 176 Å². The molecule has 2 aromatic heterocycles. The monoisotopic (exact) mass is 427 g/mol. The molecular weight excluding hydrogens is 406 g/mol. The molecule has 8 heteroatoms. The van der Waals surface area contributed by atoms with E-state index in [9.17, 15) is 14.4 Å². The number of thioether (sulfide) groups is 1. The van der Waals surface area contributed by atoms with Crippen molar-refractivity contribution in [2.45, 2.75) is 38.4 Å². The Morgan fingerprint density at radius 3 is 2.66 bits per heavy atom. The van der Waals surface area contributed by atoms with Crippen LogP contribution in [0.15, 0.2) is 40.3 Å². The molecule has 1 aliphatic heterocycles.